The van der Waals surface area contributed by atoms with Crippen LogP contribution in [0, 0.1) is 11.8 Å². The highest BCUT2D eigenvalue weighted by Crippen LogP contribution is 2.22. The van der Waals surface area contributed by atoms with Crippen molar-refractivity contribution in [2.75, 3.05) is 42.8 Å². The third kappa shape index (κ3) is 22.4. The Labute approximate surface area is 503 Å². The third-order valence-corrected chi connectivity index (χ3v) is 14.6. The molecule has 466 valence electrons. The lowest BCUT2D eigenvalue weighted by molar-refractivity contribution is -0.145. The predicted octanol–water partition coefficient (Wildman–Crippen LogP) is -0.453. The number of aliphatic imine (C=N–C) groups is 1. The number of imidazole rings is 1. The highest BCUT2D eigenvalue weighted by molar-refractivity contribution is 6.18. The smallest absolute Gasteiger partial charge is 0.326 e. The van der Waals surface area contributed by atoms with E-state index in [0.717, 1.165) is 12.6 Å². The number of nitrogens with zero attached hydrogens (tertiary/aromatic N) is 4. The van der Waals surface area contributed by atoms with Crippen LogP contribution in [-0.4, -0.2) is 176 Å². The van der Waals surface area contributed by atoms with E-state index in [1.807, 2.05) is 17.0 Å². The second-order valence-electron chi connectivity index (χ2n) is 21.1. The van der Waals surface area contributed by atoms with Crippen LogP contribution in [0.25, 0.3) is 0 Å². The van der Waals surface area contributed by atoms with Crippen molar-refractivity contribution in [3.8, 4) is 5.75 Å². The number of rotatable bonds is 35. The minimum atomic E-state index is -1.45. The summed E-state index contributed by atoms with van der Waals surface area (Å²) in [5.41, 5.74) is 18.6. The first-order valence-corrected chi connectivity index (χ1v) is 29.1. The highest BCUT2D eigenvalue weighted by atomic mass is 35.5. The van der Waals surface area contributed by atoms with Gasteiger partial charge in [0.2, 0.25) is 53.2 Å². The summed E-state index contributed by atoms with van der Waals surface area (Å²) >= 11 is 12.0. The number of aromatic nitrogens is 2. The average Bonchev–Trinajstić information content (AvgIpc) is 4.43. The summed E-state index contributed by atoms with van der Waals surface area (Å²) < 4.78 is 0. The molecule has 4 rings (SSSR count). The van der Waals surface area contributed by atoms with Crippen molar-refractivity contribution in [3.05, 3.63) is 77.9 Å². The molecule has 9 amide bonds. The standard InChI is InChI=1S/C56H81Cl2N15O12/c1-6-32(4)47(53(82)68-42(27-36-29-62-30-64-36)54(83)73-22-8-10-44(73)51(80)69-43(55(84)85)26-34-11-15-37(16-12-34)72(23-19-57)24-20-58)71-50(79)40(25-35-13-17-38(75)18-14-35)67-52(81)46(31(2)3)70-48(77)39(9-7-21-63-56(60)61)66-49(78)41(28-45(59)76)65-33(5)74/h11-18,29-32,39-44,46-47,75H,6-10,19-28H2,1-5H3,(H2,59,76)(H,62,64)(H,65,74)(H,66,78)(H,67,81)(H,68,82)(H,69,80)(H,70,77)(H,71,79)(H,84,85)(H4,60,61,63)/t32-,39-,40-,41-,42-,43-,44-,46-,47-/m0/s1. The number of aliphatic carboxylic acids is 1. The van der Waals surface area contributed by atoms with Gasteiger partial charge in [-0.3, -0.25) is 48.1 Å². The zero-order valence-corrected chi connectivity index (χ0v) is 49.9. The topological polar surface area (TPSA) is 421 Å². The molecule has 0 saturated carbocycles. The van der Waals surface area contributed by atoms with Crippen molar-refractivity contribution < 1.29 is 58.2 Å². The number of guanidine groups is 1. The molecule has 1 aromatic heterocycles. The maximum atomic E-state index is 14.8. The number of aromatic hydroxyl groups is 1. The number of phenolic OH excluding ortho intramolecular Hbond substituents is 1. The highest BCUT2D eigenvalue weighted by Gasteiger charge is 2.41. The quantitative estimate of drug-likeness (QED) is 0.0153. The molecule has 2 heterocycles. The van der Waals surface area contributed by atoms with Crippen molar-refractivity contribution in [1.82, 2.24) is 52.1 Å². The molecule has 27 nitrogen and oxygen atoms in total. The van der Waals surface area contributed by atoms with Gasteiger partial charge in [0.05, 0.1) is 12.7 Å². The Balaban J connectivity index is 1.59. The van der Waals surface area contributed by atoms with Crippen LogP contribution < -0.4 is 59.3 Å². The SMILES string of the molecule is CC[C@H](C)[C@H](NC(=O)[C@H](Cc1ccc(O)cc1)NC(=O)[C@@H](NC(=O)[C@H](CCCN=C(N)N)NC(=O)[C@H](CC(N)=O)NC(C)=O)C(C)C)C(=O)N[C@@H](Cc1cnc[nH]1)C(=O)N1CCC[C@H]1C(=O)N[C@@H](Cc1ccc(N(CCCl)CCCl)cc1)C(=O)O. The summed E-state index contributed by atoms with van der Waals surface area (Å²) in [4.78, 5) is 151. The number of phenols is 1. The first-order chi connectivity index (χ1) is 40.3. The fourth-order valence-corrected chi connectivity index (χ4v) is 9.89. The number of halogens is 2. The zero-order chi connectivity index (χ0) is 62.9. The molecule has 85 heavy (non-hydrogen) atoms. The monoisotopic (exact) mass is 1230 g/mol. The van der Waals surface area contributed by atoms with Crippen molar-refractivity contribution in [3.63, 3.8) is 0 Å². The van der Waals surface area contributed by atoms with E-state index in [2.05, 4.69) is 52.2 Å². The summed E-state index contributed by atoms with van der Waals surface area (Å²) in [6, 6.07) is 2.09. The molecular formula is C56H81Cl2N15O12. The van der Waals surface area contributed by atoms with Crippen LogP contribution in [0.4, 0.5) is 5.69 Å². The van der Waals surface area contributed by atoms with Crippen LogP contribution >= 0.6 is 23.2 Å². The van der Waals surface area contributed by atoms with Gasteiger partial charge in [-0.05, 0) is 72.9 Å². The van der Waals surface area contributed by atoms with E-state index in [4.69, 9.17) is 40.4 Å². The molecule has 16 N–H and O–H groups in total. The van der Waals surface area contributed by atoms with Gasteiger partial charge >= 0.3 is 5.97 Å². The molecule has 1 fully saturated rings. The number of carbonyl (C=O) groups is 10. The molecule has 0 aliphatic carbocycles. The fraction of sp³-hybridized carbons (Fsp3) is 0.536. The summed E-state index contributed by atoms with van der Waals surface area (Å²) in [5, 5.41) is 38.8. The van der Waals surface area contributed by atoms with Gasteiger partial charge in [-0.2, -0.15) is 0 Å². The lowest BCUT2D eigenvalue weighted by atomic mass is 9.96. The number of hydrogen-bond donors (Lipinski definition) is 13. The maximum absolute atomic E-state index is 14.8. The number of benzene rings is 2. The van der Waals surface area contributed by atoms with E-state index in [1.165, 1.54) is 41.7 Å². The fourth-order valence-electron chi connectivity index (χ4n) is 9.49. The molecule has 3 aromatic rings. The normalized spacial score (nSPS) is 15.7. The molecule has 0 unspecified atom stereocenters. The molecule has 1 aliphatic rings. The molecule has 1 aliphatic heterocycles. The number of hydrogen-bond acceptors (Lipinski definition) is 14. The maximum Gasteiger partial charge on any atom is 0.326 e. The first-order valence-electron chi connectivity index (χ1n) is 28.0. The van der Waals surface area contributed by atoms with E-state index in [0.29, 0.717) is 54.5 Å². The summed E-state index contributed by atoms with van der Waals surface area (Å²) in [6.45, 7) is 9.04. The van der Waals surface area contributed by atoms with E-state index < -0.39 is 126 Å². The van der Waals surface area contributed by atoms with Crippen molar-refractivity contribution >= 4 is 94.0 Å². The number of anilines is 1. The van der Waals surface area contributed by atoms with Crippen LogP contribution in [-0.2, 0) is 67.2 Å². The van der Waals surface area contributed by atoms with Gasteiger partial charge < -0.3 is 79.4 Å². The van der Waals surface area contributed by atoms with Gasteiger partial charge in [-0.25, -0.2) is 9.78 Å². The number of alkyl halides is 2. The largest absolute Gasteiger partial charge is 0.508 e. The van der Waals surface area contributed by atoms with Crippen LogP contribution in [0.2, 0.25) is 0 Å². The van der Waals surface area contributed by atoms with E-state index in [1.54, 1.807) is 39.8 Å². The lowest BCUT2D eigenvalue weighted by Crippen LogP contribution is -2.62. The average molecular weight is 1230 g/mol. The molecule has 29 heteroatoms. The Morgan fingerprint density at radius 1 is 0.729 bits per heavy atom. The third-order valence-electron chi connectivity index (χ3n) is 14.2. The van der Waals surface area contributed by atoms with Crippen molar-refractivity contribution in [2.24, 2.45) is 34.0 Å². The number of amides is 9. The van der Waals surface area contributed by atoms with Gasteiger partial charge in [0.25, 0.3) is 0 Å². The first kappa shape index (κ1) is 69.3. The van der Waals surface area contributed by atoms with E-state index >= 15 is 0 Å². The minimum Gasteiger partial charge on any atom is -0.508 e. The van der Waals surface area contributed by atoms with Crippen LogP contribution in [0.3, 0.4) is 0 Å². The Morgan fingerprint density at radius 3 is 1.85 bits per heavy atom. The van der Waals surface area contributed by atoms with Gasteiger partial charge in [0, 0.05) is 81.7 Å². The summed E-state index contributed by atoms with van der Waals surface area (Å²) in [7, 11) is 0. The van der Waals surface area contributed by atoms with Crippen molar-refractivity contribution in [1.29, 1.82) is 0 Å². The molecule has 9 atom stereocenters. The van der Waals surface area contributed by atoms with Gasteiger partial charge in [0.15, 0.2) is 5.96 Å². The summed E-state index contributed by atoms with van der Waals surface area (Å²) in [5.74, 6) is -9.36. The van der Waals surface area contributed by atoms with Crippen LogP contribution in [0.1, 0.15) is 90.0 Å². The molecule has 0 spiro atoms. The number of nitrogens with two attached hydrogens (primary N) is 3. The second-order valence-corrected chi connectivity index (χ2v) is 21.9. The lowest BCUT2D eigenvalue weighted by Gasteiger charge is -2.32. The molecule has 0 bridgehead atoms. The number of primary amides is 1. The summed E-state index contributed by atoms with van der Waals surface area (Å²) in [6.07, 6.45) is 2.79. The number of carboxylic acid groups (broad SMARTS) is 1. The number of H-pyrrole nitrogens is 1. The number of likely N-dealkylation sites (tertiary alicyclic amines) is 1. The van der Waals surface area contributed by atoms with Crippen LogP contribution in [0.15, 0.2) is 66.0 Å². The molecule has 2 aromatic carbocycles. The molecule has 0 radical (unpaired) electrons. The number of carbonyl (C=O) groups excluding carboxylic acids is 9. The molecule has 1 saturated heterocycles. The number of carboxylic acids is 1. The number of nitrogens with one attached hydrogen (secondary N) is 8. The van der Waals surface area contributed by atoms with Gasteiger partial charge in [-0.1, -0.05) is 58.4 Å². The Bertz CT molecular complexity index is 2750. The Morgan fingerprint density at radius 2 is 1.29 bits per heavy atom. The predicted molar refractivity (Wildman–Crippen MR) is 317 cm³/mol. The van der Waals surface area contributed by atoms with Crippen LogP contribution in [0.5, 0.6) is 5.75 Å². The van der Waals surface area contributed by atoms with E-state index in [-0.39, 0.29) is 63.3 Å². The Kier molecular flexibility index (Phi) is 28.2. The molecular weight excluding hydrogens is 1150 g/mol. The number of aromatic amines is 1. The van der Waals surface area contributed by atoms with Gasteiger partial charge in [-0.15, -0.1) is 23.2 Å². The Hall–Kier alpha value is -8.20. The zero-order valence-electron chi connectivity index (χ0n) is 48.4. The van der Waals surface area contributed by atoms with E-state index in [9.17, 15) is 58.2 Å². The van der Waals surface area contributed by atoms with Crippen molar-refractivity contribution in [2.45, 2.75) is 141 Å². The van der Waals surface area contributed by atoms with Gasteiger partial charge in [0.1, 0.15) is 54.1 Å². The second kappa shape index (κ2) is 34.5. The minimum absolute atomic E-state index is 0.0375.